The number of benzene rings is 1. The fourth-order valence-corrected chi connectivity index (χ4v) is 3.48. The third-order valence-electron chi connectivity index (χ3n) is 3.76. The first-order valence-corrected chi connectivity index (χ1v) is 7.96. The number of rotatable bonds is 6. The summed E-state index contributed by atoms with van der Waals surface area (Å²) >= 11 is 2.31. The molecule has 1 aliphatic carbocycles. The maximum atomic E-state index is 11.6. The van der Waals surface area contributed by atoms with E-state index in [2.05, 4.69) is 34.7 Å². The molecule has 4 nitrogen and oxygen atoms in total. The zero-order valence-corrected chi connectivity index (χ0v) is 13.9. The molecule has 1 N–H and O–H groups in total. The SMILES string of the molecule is CCCC(OC)N(C(=O)O)[C@H]1C[C@H]1c1ccccc1I. The average Bonchev–Trinajstić information content (AvgIpc) is 3.18. The Morgan fingerprint density at radius 3 is 2.80 bits per heavy atom. The molecule has 3 atom stereocenters. The van der Waals surface area contributed by atoms with Gasteiger partial charge in [0.25, 0.3) is 0 Å². The lowest BCUT2D eigenvalue weighted by Gasteiger charge is -2.28. The Hall–Kier alpha value is -0.820. The van der Waals surface area contributed by atoms with Gasteiger partial charge in [0.1, 0.15) is 6.23 Å². The zero-order chi connectivity index (χ0) is 14.7. The largest absolute Gasteiger partial charge is 0.465 e. The summed E-state index contributed by atoms with van der Waals surface area (Å²) in [4.78, 5) is 13.1. The van der Waals surface area contributed by atoms with Gasteiger partial charge >= 0.3 is 6.09 Å². The molecule has 1 aromatic carbocycles. The molecule has 1 amide bonds. The summed E-state index contributed by atoms with van der Waals surface area (Å²) in [7, 11) is 1.58. The molecule has 0 aliphatic heterocycles. The molecule has 20 heavy (non-hydrogen) atoms. The van der Waals surface area contributed by atoms with Crippen LogP contribution in [-0.2, 0) is 4.74 Å². The summed E-state index contributed by atoms with van der Waals surface area (Å²) in [5.41, 5.74) is 1.25. The smallest absolute Gasteiger partial charge is 0.409 e. The van der Waals surface area contributed by atoms with Crippen LogP contribution in [0.2, 0.25) is 0 Å². The molecule has 1 aliphatic rings. The molecule has 110 valence electrons. The quantitative estimate of drug-likeness (QED) is 0.593. The minimum Gasteiger partial charge on any atom is -0.465 e. The van der Waals surface area contributed by atoms with Crippen LogP contribution in [0.5, 0.6) is 0 Å². The molecular weight excluding hydrogens is 369 g/mol. The number of ether oxygens (including phenoxy) is 1. The molecule has 0 aromatic heterocycles. The highest BCUT2D eigenvalue weighted by molar-refractivity contribution is 14.1. The van der Waals surface area contributed by atoms with E-state index >= 15 is 0 Å². The highest BCUT2D eigenvalue weighted by atomic mass is 127. The second-order valence-corrected chi connectivity index (χ2v) is 6.26. The van der Waals surface area contributed by atoms with Gasteiger partial charge in [0, 0.05) is 22.6 Å². The molecule has 1 saturated carbocycles. The van der Waals surface area contributed by atoms with Crippen molar-refractivity contribution in [2.75, 3.05) is 7.11 Å². The molecule has 0 bridgehead atoms. The van der Waals surface area contributed by atoms with Crippen LogP contribution >= 0.6 is 22.6 Å². The Bertz CT molecular complexity index is 480. The van der Waals surface area contributed by atoms with Gasteiger partial charge in [-0.25, -0.2) is 4.79 Å². The van der Waals surface area contributed by atoms with Crippen LogP contribution < -0.4 is 0 Å². The molecule has 0 heterocycles. The normalized spacial score (nSPS) is 22.4. The van der Waals surface area contributed by atoms with Crippen LogP contribution in [0, 0.1) is 3.57 Å². The zero-order valence-electron chi connectivity index (χ0n) is 11.8. The second kappa shape index (κ2) is 6.76. The Morgan fingerprint density at radius 1 is 1.55 bits per heavy atom. The second-order valence-electron chi connectivity index (χ2n) is 5.10. The van der Waals surface area contributed by atoms with Gasteiger partial charge in [0.05, 0.1) is 0 Å². The van der Waals surface area contributed by atoms with E-state index in [0.717, 1.165) is 19.3 Å². The highest BCUT2D eigenvalue weighted by Crippen LogP contribution is 2.47. The van der Waals surface area contributed by atoms with E-state index in [-0.39, 0.29) is 12.3 Å². The Labute approximate surface area is 133 Å². The van der Waals surface area contributed by atoms with Gasteiger partial charge in [-0.2, -0.15) is 0 Å². The number of carboxylic acid groups (broad SMARTS) is 1. The maximum absolute atomic E-state index is 11.6. The van der Waals surface area contributed by atoms with E-state index in [0.29, 0.717) is 5.92 Å². The predicted octanol–water partition coefficient (Wildman–Crippen LogP) is 3.90. The summed E-state index contributed by atoms with van der Waals surface area (Å²) in [6.45, 7) is 2.04. The molecule has 0 saturated heterocycles. The number of nitrogens with zero attached hydrogens (tertiary/aromatic N) is 1. The van der Waals surface area contributed by atoms with E-state index in [1.807, 2.05) is 19.1 Å². The van der Waals surface area contributed by atoms with Gasteiger partial charge in [-0.3, -0.25) is 4.90 Å². The number of amides is 1. The minimum absolute atomic E-state index is 0.0416. The summed E-state index contributed by atoms with van der Waals surface area (Å²) in [5, 5.41) is 9.49. The molecule has 1 unspecified atom stereocenters. The average molecular weight is 389 g/mol. The van der Waals surface area contributed by atoms with Crippen LogP contribution in [-0.4, -0.2) is 35.5 Å². The van der Waals surface area contributed by atoms with Crippen LogP contribution in [0.4, 0.5) is 4.79 Å². The molecule has 5 heteroatoms. The highest BCUT2D eigenvalue weighted by Gasteiger charge is 2.48. The van der Waals surface area contributed by atoms with Crippen molar-refractivity contribution in [1.82, 2.24) is 4.90 Å². The van der Waals surface area contributed by atoms with E-state index in [1.165, 1.54) is 14.0 Å². The van der Waals surface area contributed by atoms with Crippen molar-refractivity contribution in [2.24, 2.45) is 0 Å². The fraction of sp³-hybridized carbons (Fsp3) is 0.533. The molecular formula is C15H20INO3. The van der Waals surface area contributed by atoms with Crippen LogP contribution in [0.15, 0.2) is 24.3 Å². The Morgan fingerprint density at radius 2 is 2.25 bits per heavy atom. The lowest BCUT2D eigenvalue weighted by atomic mass is 10.1. The standard InChI is InChI=1S/C15H20INO3/c1-3-6-14(20-2)17(15(18)19)13-9-11(13)10-7-4-5-8-12(10)16/h4-5,7-8,11,13-14H,3,6,9H2,1-2H3,(H,18,19)/t11-,13-,14?/m0/s1. The summed E-state index contributed by atoms with van der Waals surface area (Å²) < 4.78 is 6.57. The van der Waals surface area contributed by atoms with E-state index in [9.17, 15) is 9.90 Å². The Kier molecular flexibility index (Phi) is 5.26. The first kappa shape index (κ1) is 15.6. The van der Waals surface area contributed by atoms with Crippen molar-refractivity contribution in [3.63, 3.8) is 0 Å². The first-order valence-electron chi connectivity index (χ1n) is 6.88. The van der Waals surface area contributed by atoms with Crippen molar-refractivity contribution in [3.05, 3.63) is 33.4 Å². The molecule has 1 aromatic rings. The van der Waals surface area contributed by atoms with E-state index in [1.54, 1.807) is 7.11 Å². The van der Waals surface area contributed by atoms with Crippen molar-refractivity contribution in [1.29, 1.82) is 0 Å². The van der Waals surface area contributed by atoms with Crippen LogP contribution in [0.3, 0.4) is 0 Å². The van der Waals surface area contributed by atoms with Crippen molar-refractivity contribution >= 4 is 28.7 Å². The lowest BCUT2D eigenvalue weighted by Crippen LogP contribution is -2.42. The van der Waals surface area contributed by atoms with Crippen LogP contribution in [0.25, 0.3) is 0 Å². The number of halogens is 1. The summed E-state index contributed by atoms with van der Waals surface area (Å²) in [6, 6.07) is 8.22. The van der Waals surface area contributed by atoms with Crippen molar-refractivity contribution in [3.8, 4) is 0 Å². The molecule has 2 rings (SSSR count). The third kappa shape index (κ3) is 3.25. The van der Waals surface area contributed by atoms with Gasteiger partial charge in [0.2, 0.25) is 0 Å². The fourth-order valence-electron chi connectivity index (χ4n) is 2.70. The van der Waals surface area contributed by atoms with Gasteiger partial charge < -0.3 is 9.84 Å². The first-order chi connectivity index (χ1) is 9.60. The van der Waals surface area contributed by atoms with Gasteiger partial charge in [-0.05, 0) is 47.1 Å². The Balaban J connectivity index is 2.14. The number of hydrogen-bond donors (Lipinski definition) is 1. The molecule has 0 radical (unpaired) electrons. The third-order valence-corrected chi connectivity index (χ3v) is 4.74. The van der Waals surface area contributed by atoms with Gasteiger partial charge in [-0.15, -0.1) is 0 Å². The number of methoxy groups -OCH3 is 1. The van der Waals surface area contributed by atoms with Gasteiger partial charge in [-0.1, -0.05) is 31.5 Å². The minimum atomic E-state index is -0.885. The van der Waals surface area contributed by atoms with E-state index in [4.69, 9.17) is 4.74 Å². The monoisotopic (exact) mass is 389 g/mol. The van der Waals surface area contributed by atoms with Gasteiger partial charge in [0.15, 0.2) is 0 Å². The van der Waals surface area contributed by atoms with Crippen LogP contribution in [0.1, 0.15) is 37.7 Å². The summed E-state index contributed by atoms with van der Waals surface area (Å²) in [5.74, 6) is 0.300. The predicted molar refractivity (Wildman–Crippen MR) is 85.9 cm³/mol. The maximum Gasteiger partial charge on any atom is 0.409 e. The topological polar surface area (TPSA) is 49.8 Å². The van der Waals surface area contributed by atoms with Crippen molar-refractivity contribution < 1.29 is 14.6 Å². The molecule has 1 fully saturated rings. The molecule has 0 spiro atoms. The summed E-state index contributed by atoms with van der Waals surface area (Å²) in [6.07, 6.45) is 1.30. The number of hydrogen-bond acceptors (Lipinski definition) is 2. The van der Waals surface area contributed by atoms with Crippen molar-refractivity contribution in [2.45, 2.75) is 44.4 Å². The number of carbonyl (C=O) groups is 1. The lowest BCUT2D eigenvalue weighted by molar-refractivity contribution is -0.0312. The van der Waals surface area contributed by atoms with E-state index < -0.39 is 6.09 Å².